The van der Waals surface area contributed by atoms with E-state index in [1.807, 2.05) is 0 Å². The summed E-state index contributed by atoms with van der Waals surface area (Å²) in [5, 5.41) is 0. The monoisotopic (exact) mass is 193 g/mol. The molecule has 1 unspecified atom stereocenters. The third kappa shape index (κ3) is 3.49. The van der Waals surface area contributed by atoms with Crippen LogP contribution >= 0.6 is 0 Å². The number of nitrogens with one attached hydrogen (secondary N) is 1. The van der Waals surface area contributed by atoms with Crippen LogP contribution in [0.2, 0.25) is 0 Å². The average Bonchev–Trinajstić information content (AvgIpc) is 1.98. The van der Waals surface area contributed by atoms with Crippen LogP contribution in [0, 0.1) is 0 Å². The first kappa shape index (κ1) is 11.1. The Kier molecular flexibility index (Phi) is 4.53. The Morgan fingerprint density at radius 2 is 2.00 bits per heavy atom. The average molecular weight is 193 g/mol. The summed E-state index contributed by atoms with van der Waals surface area (Å²) in [6.07, 6.45) is 0. The van der Waals surface area contributed by atoms with Crippen LogP contribution in [0.1, 0.15) is 13.8 Å². The number of carbonyl (C=O) groups is 1. The molecule has 0 rings (SSSR count). The number of methoxy groups -OCH3 is 1. The molecular formula is C6H11NO4S. The van der Waals surface area contributed by atoms with E-state index in [2.05, 4.69) is 9.46 Å². The second-order valence-electron chi connectivity index (χ2n) is 2.22. The molecule has 2 N–H and O–H groups in total. The Balaban J connectivity index is 4.58. The van der Waals surface area contributed by atoms with Gasteiger partial charge in [0.1, 0.15) is 5.70 Å². The molecule has 1 atom stereocenters. The minimum Gasteiger partial charge on any atom is -0.464 e. The van der Waals surface area contributed by atoms with Crippen LogP contribution < -0.4 is 4.72 Å². The second kappa shape index (κ2) is 4.89. The summed E-state index contributed by atoms with van der Waals surface area (Å²) in [5.41, 5.74) is 0.600. The number of hydrogen-bond donors (Lipinski definition) is 2. The molecule has 0 aromatic heterocycles. The van der Waals surface area contributed by atoms with Gasteiger partial charge in [-0.1, -0.05) is 0 Å². The lowest BCUT2D eigenvalue weighted by Crippen LogP contribution is -2.24. The summed E-state index contributed by atoms with van der Waals surface area (Å²) in [5.74, 6) is -0.655. The number of carbonyl (C=O) groups excluding carboxylic acids is 1. The molecule has 0 aliphatic heterocycles. The highest BCUT2D eigenvalue weighted by Gasteiger charge is 2.12. The molecule has 0 aromatic rings. The first-order chi connectivity index (χ1) is 5.49. The fourth-order valence-electron chi connectivity index (χ4n) is 0.537. The van der Waals surface area contributed by atoms with Crippen LogP contribution in [-0.2, 0) is 20.8 Å². The highest BCUT2D eigenvalue weighted by atomic mass is 32.2. The minimum absolute atomic E-state index is 0.0123. The molecule has 5 nitrogen and oxygen atoms in total. The van der Waals surface area contributed by atoms with Gasteiger partial charge in [0, 0.05) is 0 Å². The number of ether oxygens (including phenoxy) is 1. The summed E-state index contributed by atoms with van der Waals surface area (Å²) in [6, 6.07) is 0. The Bertz CT molecular complexity index is 232. The van der Waals surface area contributed by atoms with E-state index in [1.165, 1.54) is 7.11 Å². The third-order valence-electron chi connectivity index (χ3n) is 1.08. The second-order valence-corrected chi connectivity index (χ2v) is 2.92. The maximum atomic E-state index is 10.9. The minimum atomic E-state index is -2.25. The molecule has 0 fully saturated rings. The maximum Gasteiger partial charge on any atom is 0.355 e. The smallest absolute Gasteiger partial charge is 0.355 e. The number of rotatable bonds is 3. The predicted molar refractivity (Wildman–Crippen MR) is 44.3 cm³/mol. The molecule has 0 radical (unpaired) electrons. The van der Waals surface area contributed by atoms with Gasteiger partial charge >= 0.3 is 5.97 Å². The van der Waals surface area contributed by atoms with E-state index in [-0.39, 0.29) is 5.70 Å². The molecule has 6 heteroatoms. The van der Waals surface area contributed by atoms with Gasteiger partial charge in [-0.15, -0.1) is 0 Å². The van der Waals surface area contributed by atoms with Crippen LogP contribution in [0.4, 0.5) is 0 Å². The number of esters is 1. The number of allylic oxidation sites excluding steroid dienone is 1. The van der Waals surface area contributed by atoms with Crippen LogP contribution in [0.3, 0.4) is 0 Å². The highest BCUT2D eigenvalue weighted by Crippen LogP contribution is 2.01. The molecule has 0 saturated carbocycles. The van der Waals surface area contributed by atoms with Gasteiger partial charge < -0.3 is 4.74 Å². The zero-order valence-electron chi connectivity index (χ0n) is 7.08. The van der Waals surface area contributed by atoms with Crippen molar-refractivity contribution in [3.8, 4) is 0 Å². The first-order valence-electron chi connectivity index (χ1n) is 3.12. The predicted octanol–water partition coefficient (Wildman–Crippen LogP) is 0.180. The normalized spacial score (nSPS) is 11.7. The van der Waals surface area contributed by atoms with Crippen molar-refractivity contribution in [2.75, 3.05) is 7.11 Å². The van der Waals surface area contributed by atoms with E-state index in [4.69, 9.17) is 4.55 Å². The van der Waals surface area contributed by atoms with Gasteiger partial charge in [0.2, 0.25) is 0 Å². The van der Waals surface area contributed by atoms with Crippen LogP contribution in [-0.4, -0.2) is 21.8 Å². The Labute approximate surface area is 73.2 Å². The van der Waals surface area contributed by atoms with E-state index >= 15 is 0 Å². The van der Waals surface area contributed by atoms with Gasteiger partial charge in [-0.2, -0.15) is 0 Å². The van der Waals surface area contributed by atoms with Gasteiger partial charge in [0.15, 0.2) is 0 Å². The molecule has 0 heterocycles. The largest absolute Gasteiger partial charge is 0.464 e. The van der Waals surface area contributed by atoms with Crippen molar-refractivity contribution in [1.29, 1.82) is 0 Å². The molecule has 0 aromatic carbocycles. The standard InChI is InChI=1S/C6H11NO4S/c1-4(2)5(6(8)11-3)7-12(9)10/h7H,1-3H3,(H,9,10). The Morgan fingerprint density at radius 3 is 2.25 bits per heavy atom. The van der Waals surface area contributed by atoms with E-state index in [0.717, 1.165) is 0 Å². The van der Waals surface area contributed by atoms with Crippen LogP contribution in [0.15, 0.2) is 11.3 Å². The summed E-state index contributed by atoms with van der Waals surface area (Å²) in [6.45, 7) is 3.26. The highest BCUT2D eigenvalue weighted by molar-refractivity contribution is 7.77. The topological polar surface area (TPSA) is 75.6 Å². The molecule has 0 aliphatic carbocycles. The zero-order chi connectivity index (χ0) is 9.72. The summed E-state index contributed by atoms with van der Waals surface area (Å²) < 4.78 is 25.2. The molecule has 0 spiro atoms. The lowest BCUT2D eigenvalue weighted by molar-refractivity contribution is -0.136. The van der Waals surface area contributed by atoms with Crippen molar-refractivity contribution in [3.05, 3.63) is 11.3 Å². The fourth-order valence-corrected chi connectivity index (χ4v) is 0.999. The van der Waals surface area contributed by atoms with Crippen molar-refractivity contribution >= 4 is 17.2 Å². The fraction of sp³-hybridized carbons (Fsp3) is 0.500. The van der Waals surface area contributed by atoms with Crippen molar-refractivity contribution < 1.29 is 18.3 Å². The zero-order valence-corrected chi connectivity index (χ0v) is 7.90. The number of hydrogen-bond acceptors (Lipinski definition) is 3. The van der Waals surface area contributed by atoms with Crippen LogP contribution in [0.5, 0.6) is 0 Å². The van der Waals surface area contributed by atoms with E-state index in [9.17, 15) is 9.00 Å². The molecule has 0 amide bonds. The maximum absolute atomic E-state index is 10.9. The van der Waals surface area contributed by atoms with Crippen molar-refractivity contribution in [1.82, 2.24) is 4.72 Å². The molecule has 0 saturated heterocycles. The third-order valence-corrected chi connectivity index (χ3v) is 1.46. The van der Waals surface area contributed by atoms with Gasteiger partial charge in [0.05, 0.1) is 7.11 Å². The summed E-state index contributed by atoms with van der Waals surface area (Å²) in [7, 11) is 1.20. The van der Waals surface area contributed by atoms with Gasteiger partial charge in [-0.3, -0.25) is 9.27 Å². The molecule has 12 heavy (non-hydrogen) atoms. The lowest BCUT2D eigenvalue weighted by Gasteiger charge is -2.06. The van der Waals surface area contributed by atoms with Crippen molar-refractivity contribution in [3.63, 3.8) is 0 Å². The van der Waals surface area contributed by atoms with E-state index in [1.54, 1.807) is 13.8 Å². The Hall–Kier alpha value is -0.880. The van der Waals surface area contributed by atoms with E-state index < -0.39 is 17.2 Å². The van der Waals surface area contributed by atoms with Gasteiger partial charge in [-0.05, 0) is 19.4 Å². The van der Waals surface area contributed by atoms with Gasteiger partial charge in [0.25, 0.3) is 11.3 Å². The summed E-state index contributed by atoms with van der Waals surface area (Å²) in [4.78, 5) is 10.9. The van der Waals surface area contributed by atoms with Crippen molar-refractivity contribution in [2.24, 2.45) is 0 Å². The van der Waals surface area contributed by atoms with E-state index in [0.29, 0.717) is 5.57 Å². The first-order valence-corrected chi connectivity index (χ1v) is 4.23. The van der Waals surface area contributed by atoms with Gasteiger partial charge in [-0.25, -0.2) is 9.00 Å². The lowest BCUT2D eigenvalue weighted by atomic mass is 10.3. The van der Waals surface area contributed by atoms with Crippen molar-refractivity contribution in [2.45, 2.75) is 13.8 Å². The SMILES string of the molecule is COC(=O)C(NS(=O)O)=C(C)C. The molecule has 0 aliphatic rings. The van der Waals surface area contributed by atoms with Crippen LogP contribution in [0.25, 0.3) is 0 Å². The summed E-state index contributed by atoms with van der Waals surface area (Å²) >= 11 is -2.25. The molecule has 0 bridgehead atoms. The Morgan fingerprint density at radius 1 is 1.50 bits per heavy atom. The molecule has 70 valence electrons. The molecular weight excluding hydrogens is 182 g/mol. The quantitative estimate of drug-likeness (QED) is 0.381.